The van der Waals surface area contributed by atoms with Crippen LogP contribution in [0.1, 0.15) is 17.0 Å². The molecule has 29 heavy (non-hydrogen) atoms. The Morgan fingerprint density at radius 2 is 1.62 bits per heavy atom. The number of amides is 1. The minimum absolute atomic E-state index is 0.0613. The van der Waals surface area contributed by atoms with E-state index < -0.39 is 0 Å². The molecule has 1 N–H and O–H groups in total. The van der Waals surface area contributed by atoms with E-state index in [1.165, 1.54) is 5.52 Å². The zero-order valence-corrected chi connectivity index (χ0v) is 17.5. The van der Waals surface area contributed by atoms with Gasteiger partial charge in [0, 0.05) is 38.9 Å². The molecule has 0 atom stereocenters. The zero-order valence-electron chi connectivity index (χ0n) is 17.5. The minimum Gasteiger partial charge on any atom is -0.330 e. The molecule has 0 bridgehead atoms. The van der Waals surface area contributed by atoms with Crippen molar-refractivity contribution in [1.29, 1.82) is 0 Å². The van der Waals surface area contributed by atoms with Gasteiger partial charge in [-0.05, 0) is 37.1 Å². The molecule has 0 saturated carbocycles. The van der Waals surface area contributed by atoms with Crippen molar-refractivity contribution in [2.45, 2.75) is 20.4 Å². The lowest BCUT2D eigenvalue weighted by molar-refractivity contribution is -0.117. The van der Waals surface area contributed by atoms with Crippen LogP contribution in [-0.2, 0) is 18.4 Å². The fraction of sp³-hybridized carbons (Fsp3) is 0.391. The normalized spacial score (nSPS) is 15.7. The number of aryl methyl sites for hydroxylation is 3. The predicted molar refractivity (Wildman–Crippen MR) is 117 cm³/mol. The molecular formula is C23H29N5O. The highest BCUT2D eigenvalue weighted by atomic mass is 16.2. The first-order valence-corrected chi connectivity index (χ1v) is 10.2. The lowest BCUT2D eigenvalue weighted by Gasteiger charge is -2.34. The molecular weight excluding hydrogens is 362 g/mol. The molecule has 152 valence electrons. The molecule has 2 heterocycles. The number of hydrogen-bond donors (Lipinski definition) is 1. The SMILES string of the molecule is Cc1cccc(C)c1NC(=O)CN1CCN(Cc2nc3ccccc3n2C)CC1. The molecule has 1 aromatic heterocycles. The molecule has 0 spiro atoms. The smallest absolute Gasteiger partial charge is 0.238 e. The first kappa shape index (κ1) is 19.6. The number of aromatic nitrogens is 2. The fourth-order valence-corrected chi connectivity index (χ4v) is 4.04. The van der Waals surface area contributed by atoms with E-state index in [-0.39, 0.29) is 5.91 Å². The Balaban J connectivity index is 1.30. The average Bonchev–Trinajstić information content (AvgIpc) is 3.02. The zero-order chi connectivity index (χ0) is 20.4. The number of benzene rings is 2. The van der Waals surface area contributed by atoms with Gasteiger partial charge in [0.1, 0.15) is 5.82 Å². The van der Waals surface area contributed by atoms with Crippen LogP contribution in [0, 0.1) is 13.8 Å². The Morgan fingerprint density at radius 3 is 2.31 bits per heavy atom. The maximum Gasteiger partial charge on any atom is 0.238 e. The largest absolute Gasteiger partial charge is 0.330 e. The van der Waals surface area contributed by atoms with Crippen LogP contribution in [0.5, 0.6) is 0 Å². The van der Waals surface area contributed by atoms with E-state index in [0.717, 1.165) is 60.9 Å². The summed E-state index contributed by atoms with van der Waals surface area (Å²) < 4.78 is 2.18. The monoisotopic (exact) mass is 391 g/mol. The number of nitrogens with zero attached hydrogens (tertiary/aromatic N) is 4. The standard InChI is InChI=1S/C23H29N5O/c1-17-7-6-8-18(2)23(17)25-22(29)16-28-13-11-27(12-14-28)15-21-24-19-9-4-5-10-20(19)26(21)3/h4-10H,11-16H2,1-3H3,(H,25,29). The third-order valence-electron chi connectivity index (χ3n) is 5.82. The molecule has 1 aliphatic heterocycles. The lowest BCUT2D eigenvalue weighted by Crippen LogP contribution is -2.48. The van der Waals surface area contributed by atoms with Gasteiger partial charge in [0.05, 0.1) is 24.1 Å². The van der Waals surface area contributed by atoms with Gasteiger partial charge in [0.15, 0.2) is 0 Å². The van der Waals surface area contributed by atoms with Crippen LogP contribution in [0.15, 0.2) is 42.5 Å². The average molecular weight is 392 g/mol. The predicted octanol–water partition coefficient (Wildman–Crippen LogP) is 2.95. The second-order valence-electron chi connectivity index (χ2n) is 7.94. The summed E-state index contributed by atoms with van der Waals surface area (Å²) in [6.45, 7) is 9.01. The second-order valence-corrected chi connectivity index (χ2v) is 7.94. The summed E-state index contributed by atoms with van der Waals surface area (Å²) in [5.41, 5.74) is 5.37. The molecule has 2 aromatic carbocycles. The highest BCUT2D eigenvalue weighted by molar-refractivity contribution is 5.93. The number of carbonyl (C=O) groups is 1. The number of carbonyl (C=O) groups excluding carboxylic acids is 1. The minimum atomic E-state index is 0.0613. The molecule has 6 nitrogen and oxygen atoms in total. The van der Waals surface area contributed by atoms with Gasteiger partial charge in [-0.25, -0.2) is 4.98 Å². The maximum absolute atomic E-state index is 12.5. The third kappa shape index (κ3) is 4.33. The van der Waals surface area contributed by atoms with Crippen molar-refractivity contribution in [2.75, 3.05) is 38.0 Å². The molecule has 0 radical (unpaired) electrons. The molecule has 0 aliphatic carbocycles. The van der Waals surface area contributed by atoms with Gasteiger partial charge in [-0.15, -0.1) is 0 Å². The highest BCUT2D eigenvalue weighted by Gasteiger charge is 2.21. The maximum atomic E-state index is 12.5. The Labute approximate surface area is 172 Å². The first-order chi connectivity index (χ1) is 14.0. The van der Waals surface area contributed by atoms with Crippen LogP contribution in [0.2, 0.25) is 0 Å². The first-order valence-electron chi connectivity index (χ1n) is 10.2. The molecule has 1 aliphatic rings. The van der Waals surface area contributed by atoms with E-state index in [9.17, 15) is 4.79 Å². The summed E-state index contributed by atoms with van der Waals surface area (Å²) >= 11 is 0. The van der Waals surface area contributed by atoms with Gasteiger partial charge in [0.25, 0.3) is 0 Å². The number of fused-ring (bicyclic) bond motifs is 1. The fourth-order valence-electron chi connectivity index (χ4n) is 4.04. The van der Waals surface area contributed by atoms with Crippen LogP contribution in [-0.4, -0.2) is 58.0 Å². The molecule has 4 rings (SSSR count). The summed E-state index contributed by atoms with van der Waals surface area (Å²) in [4.78, 5) is 22.0. The molecule has 0 unspecified atom stereocenters. The second kappa shape index (κ2) is 8.35. The van der Waals surface area contributed by atoms with Gasteiger partial charge >= 0.3 is 0 Å². The van der Waals surface area contributed by atoms with E-state index in [4.69, 9.17) is 4.98 Å². The highest BCUT2D eigenvalue weighted by Crippen LogP contribution is 2.20. The number of nitrogens with one attached hydrogen (secondary N) is 1. The molecule has 1 fully saturated rings. The van der Waals surface area contributed by atoms with Gasteiger partial charge in [-0.3, -0.25) is 14.6 Å². The number of rotatable bonds is 5. The van der Waals surface area contributed by atoms with Crippen molar-refractivity contribution in [1.82, 2.24) is 19.4 Å². The van der Waals surface area contributed by atoms with E-state index in [1.54, 1.807) is 0 Å². The van der Waals surface area contributed by atoms with E-state index in [2.05, 4.69) is 44.9 Å². The van der Waals surface area contributed by atoms with Crippen molar-refractivity contribution < 1.29 is 4.79 Å². The number of anilines is 1. The van der Waals surface area contributed by atoms with Gasteiger partial charge in [-0.1, -0.05) is 30.3 Å². The number of hydrogen-bond acceptors (Lipinski definition) is 4. The Kier molecular flexibility index (Phi) is 5.65. The Hall–Kier alpha value is -2.70. The van der Waals surface area contributed by atoms with Gasteiger partial charge < -0.3 is 9.88 Å². The van der Waals surface area contributed by atoms with Crippen molar-refractivity contribution in [3.8, 4) is 0 Å². The number of imidazole rings is 1. The van der Waals surface area contributed by atoms with E-state index >= 15 is 0 Å². The summed E-state index contributed by atoms with van der Waals surface area (Å²) in [5, 5.41) is 3.09. The van der Waals surface area contributed by atoms with Crippen LogP contribution >= 0.6 is 0 Å². The van der Waals surface area contributed by atoms with Crippen molar-refractivity contribution >= 4 is 22.6 Å². The quantitative estimate of drug-likeness (QED) is 0.727. The molecule has 3 aromatic rings. The van der Waals surface area contributed by atoms with E-state index in [1.807, 2.05) is 38.1 Å². The van der Waals surface area contributed by atoms with Crippen molar-refractivity contribution in [2.24, 2.45) is 7.05 Å². The molecule has 1 amide bonds. The summed E-state index contributed by atoms with van der Waals surface area (Å²) in [6, 6.07) is 14.3. The summed E-state index contributed by atoms with van der Waals surface area (Å²) in [6.07, 6.45) is 0. The summed E-state index contributed by atoms with van der Waals surface area (Å²) in [5.74, 6) is 1.15. The number of para-hydroxylation sites is 3. The van der Waals surface area contributed by atoms with Crippen LogP contribution in [0.4, 0.5) is 5.69 Å². The van der Waals surface area contributed by atoms with Gasteiger partial charge in [0.2, 0.25) is 5.91 Å². The van der Waals surface area contributed by atoms with Crippen LogP contribution < -0.4 is 5.32 Å². The lowest BCUT2D eigenvalue weighted by atomic mass is 10.1. The Morgan fingerprint density at radius 1 is 0.966 bits per heavy atom. The molecule has 6 heteroatoms. The topological polar surface area (TPSA) is 53.4 Å². The van der Waals surface area contributed by atoms with Crippen LogP contribution in [0.3, 0.4) is 0 Å². The van der Waals surface area contributed by atoms with Gasteiger partial charge in [-0.2, -0.15) is 0 Å². The van der Waals surface area contributed by atoms with Crippen molar-refractivity contribution in [3.05, 3.63) is 59.4 Å². The number of piperazine rings is 1. The van der Waals surface area contributed by atoms with E-state index in [0.29, 0.717) is 6.54 Å². The van der Waals surface area contributed by atoms with Crippen LogP contribution in [0.25, 0.3) is 11.0 Å². The molecule has 1 saturated heterocycles. The third-order valence-corrected chi connectivity index (χ3v) is 5.82. The summed E-state index contributed by atoms with van der Waals surface area (Å²) in [7, 11) is 2.08. The van der Waals surface area contributed by atoms with Crippen molar-refractivity contribution in [3.63, 3.8) is 0 Å². The Bertz CT molecular complexity index is 997.